The van der Waals surface area contributed by atoms with Crippen molar-refractivity contribution in [2.24, 2.45) is 0 Å². The number of halogens is 1. The molecule has 0 aliphatic carbocycles. The predicted molar refractivity (Wildman–Crippen MR) is 103 cm³/mol. The van der Waals surface area contributed by atoms with E-state index in [1.54, 1.807) is 0 Å². The number of nitrogens with one attached hydrogen (secondary N) is 1. The molecule has 0 bridgehead atoms. The molecule has 23 heavy (non-hydrogen) atoms. The molecule has 1 nitrogen and oxygen atoms in total. The minimum atomic E-state index is 0.167. The number of hydrogen-bond acceptors (Lipinski definition) is 1. The monoisotopic (exact) mass is 327 g/mol. The Balaban J connectivity index is 2.37. The van der Waals surface area contributed by atoms with Crippen LogP contribution in [0.3, 0.4) is 0 Å². The predicted octanol–water partition coefficient (Wildman–Crippen LogP) is 6.81. The van der Waals surface area contributed by atoms with Crippen LogP contribution in [0.1, 0.15) is 51.3 Å². The average Bonchev–Trinajstić information content (AvgIpc) is 2.47. The molecule has 1 N–H and O–H groups in total. The van der Waals surface area contributed by atoms with Crippen LogP contribution in [0.25, 0.3) is 5.70 Å². The van der Waals surface area contributed by atoms with Gasteiger partial charge < -0.3 is 5.32 Å². The van der Waals surface area contributed by atoms with Gasteiger partial charge in [-0.1, -0.05) is 68.3 Å². The fourth-order valence-electron chi connectivity index (χ4n) is 2.50. The first kappa shape index (κ1) is 17.6. The zero-order valence-electron chi connectivity index (χ0n) is 14.9. The summed E-state index contributed by atoms with van der Waals surface area (Å²) in [6, 6.07) is 14.8. The van der Waals surface area contributed by atoms with Gasteiger partial charge >= 0.3 is 0 Å². The van der Waals surface area contributed by atoms with Crippen molar-refractivity contribution < 1.29 is 0 Å². The molecule has 2 rings (SSSR count). The van der Waals surface area contributed by atoms with Crippen molar-refractivity contribution in [3.63, 3.8) is 0 Å². The quantitative estimate of drug-likeness (QED) is 0.653. The van der Waals surface area contributed by atoms with Gasteiger partial charge in [0.1, 0.15) is 0 Å². The van der Waals surface area contributed by atoms with Crippen molar-refractivity contribution in [2.45, 2.75) is 47.0 Å². The zero-order chi connectivity index (χ0) is 17.2. The molecule has 0 saturated carbocycles. The second-order valence-electron chi connectivity index (χ2n) is 7.24. The molecule has 0 radical (unpaired) electrons. The third-order valence-corrected chi connectivity index (χ3v) is 4.48. The second-order valence-corrected chi connectivity index (χ2v) is 7.65. The van der Waals surface area contributed by atoms with E-state index in [4.69, 9.17) is 11.6 Å². The van der Waals surface area contributed by atoms with Crippen LogP contribution < -0.4 is 5.32 Å². The molecule has 0 unspecified atom stereocenters. The van der Waals surface area contributed by atoms with E-state index in [0.29, 0.717) is 0 Å². The summed E-state index contributed by atoms with van der Waals surface area (Å²) >= 11 is 6.24. The minimum absolute atomic E-state index is 0.167. The summed E-state index contributed by atoms with van der Waals surface area (Å²) in [4.78, 5) is 0. The van der Waals surface area contributed by atoms with Gasteiger partial charge in [-0.2, -0.15) is 0 Å². The summed E-state index contributed by atoms with van der Waals surface area (Å²) in [7, 11) is 0. The van der Waals surface area contributed by atoms with E-state index in [1.807, 2.05) is 19.1 Å². The SMILES string of the molecule is CC(C)=C(Nc1cccc(Cl)c1C)c1ccc(C(C)(C)C)cc1. The van der Waals surface area contributed by atoms with Gasteiger partial charge in [-0.25, -0.2) is 0 Å². The van der Waals surface area contributed by atoms with Gasteiger partial charge in [0.15, 0.2) is 0 Å². The van der Waals surface area contributed by atoms with Gasteiger partial charge in [0, 0.05) is 16.4 Å². The topological polar surface area (TPSA) is 12.0 Å². The fourth-order valence-corrected chi connectivity index (χ4v) is 2.67. The van der Waals surface area contributed by atoms with Crippen LogP contribution in [0.15, 0.2) is 48.0 Å². The Morgan fingerprint density at radius 1 is 0.957 bits per heavy atom. The van der Waals surface area contributed by atoms with Crippen LogP contribution in [0.2, 0.25) is 5.02 Å². The molecule has 2 aromatic carbocycles. The minimum Gasteiger partial charge on any atom is -0.355 e. The highest BCUT2D eigenvalue weighted by Crippen LogP contribution is 2.29. The lowest BCUT2D eigenvalue weighted by Crippen LogP contribution is -2.11. The number of hydrogen-bond donors (Lipinski definition) is 1. The molecular formula is C21H26ClN. The Morgan fingerprint density at radius 3 is 2.09 bits per heavy atom. The molecule has 0 saturated heterocycles. The summed E-state index contributed by atoms with van der Waals surface area (Å²) in [6.07, 6.45) is 0. The Morgan fingerprint density at radius 2 is 1.57 bits per heavy atom. The molecule has 0 spiro atoms. The van der Waals surface area contributed by atoms with Crippen molar-refractivity contribution in [1.29, 1.82) is 0 Å². The molecule has 0 aliphatic rings. The summed E-state index contributed by atoms with van der Waals surface area (Å²) in [6.45, 7) is 13.0. The number of benzene rings is 2. The van der Waals surface area contributed by atoms with E-state index in [0.717, 1.165) is 22.0 Å². The lowest BCUT2D eigenvalue weighted by molar-refractivity contribution is 0.590. The van der Waals surface area contributed by atoms with Crippen LogP contribution in [-0.4, -0.2) is 0 Å². The third-order valence-electron chi connectivity index (χ3n) is 4.07. The number of allylic oxidation sites excluding steroid dienone is 1. The number of anilines is 1. The summed E-state index contributed by atoms with van der Waals surface area (Å²) in [5.74, 6) is 0. The fraction of sp³-hybridized carbons (Fsp3) is 0.333. The summed E-state index contributed by atoms with van der Waals surface area (Å²) < 4.78 is 0. The van der Waals surface area contributed by atoms with Crippen molar-refractivity contribution in [1.82, 2.24) is 0 Å². The lowest BCUT2D eigenvalue weighted by atomic mass is 9.86. The molecule has 0 atom stereocenters. The highest BCUT2D eigenvalue weighted by molar-refractivity contribution is 6.31. The van der Waals surface area contributed by atoms with E-state index < -0.39 is 0 Å². The number of rotatable bonds is 3. The van der Waals surface area contributed by atoms with Gasteiger partial charge in [0.2, 0.25) is 0 Å². The molecule has 122 valence electrons. The molecule has 0 heterocycles. The lowest BCUT2D eigenvalue weighted by Gasteiger charge is -2.21. The highest BCUT2D eigenvalue weighted by atomic mass is 35.5. The van der Waals surface area contributed by atoms with Gasteiger partial charge in [-0.15, -0.1) is 0 Å². The van der Waals surface area contributed by atoms with Gasteiger partial charge in [0.25, 0.3) is 0 Å². The maximum absolute atomic E-state index is 6.24. The van der Waals surface area contributed by atoms with E-state index in [9.17, 15) is 0 Å². The van der Waals surface area contributed by atoms with E-state index >= 15 is 0 Å². The van der Waals surface area contributed by atoms with Gasteiger partial charge in [0.05, 0.1) is 0 Å². The maximum atomic E-state index is 6.24. The van der Waals surface area contributed by atoms with Gasteiger partial charge in [-0.3, -0.25) is 0 Å². The van der Waals surface area contributed by atoms with Crippen molar-refractivity contribution >= 4 is 23.0 Å². The zero-order valence-corrected chi connectivity index (χ0v) is 15.7. The first-order valence-electron chi connectivity index (χ1n) is 8.00. The molecular weight excluding hydrogens is 302 g/mol. The Labute approximate surface area is 145 Å². The molecule has 2 aromatic rings. The smallest absolute Gasteiger partial charge is 0.0455 e. The molecule has 2 heteroatoms. The largest absolute Gasteiger partial charge is 0.355 e. The first-order chi connectivity index (χ1) is 10.7. The Kier molecular flexibility index (Phi) is 5.21. The van der Waals surface area contributed by atoms with Crippen LogP contribution in [0.5, 0.6) is 0 Å². The van der Waals surface area contributed by atoms with E-state index in [-0.39, 0.29) is 5.41 Å². The second kappa shape index (κ2) is 6.80. The van der Waals surface area contributed by atoms with E-state index in [1.165, 1.54) is 16.7 Å². The summed E-state index contributed by atoms with van der Waals surface area (Å²) in [5.41, 5.74) is 7.20. The van der Waals surface area contributed by atoms with Crippen molar-refractivity contribution in [3.8, 4) is 0 Å². The average molecular weight is 328 g/mol. The molecule has 0 aromatic heterocycles. The van der Waals surface area contributed by atoms with Crippen molar-refractivity contribution in [3.05, 3.63) is 69.8 Å². The Hall–Kier alpha value is -1.73. The third kappa shape index (κ3) is 4.17. The molecule has 0 fully saturated rings. The standard InChI is InChI=1S/C21H26ClN/c1-14(2)20(23-19-9-7-8-18(22)15(19)3)16-10-12-17(13-11-16)21(4,5)6/h7-13,23H,1-6H3. The maximum Gasteiger partial charge on any atom is 0.0455 e. The van der Waals surface area contributed by atoms with Gasteiger partial charge in [-0.05, 0) is 55.0 Å². The highest BCUT2D eigenvalue weighted by Gasteiger charge is 2.14. The summed E-state index contributed by atoms with van der Waals surface area (Å²) in [5, 5.41) is 4.34. The first-order valence-corrected chi connectivity index (χ1v) is 8.38. The Bertz CT molecular complexity index is 714. The van der Waals surface area contributed by atoms with Crippen LogP contribution in [0.4, 0.5) is 5.69 Å². The normalized spacial score (nSPS) is 11.3. The van der Waals surface area contributed by atoms with E-state index in [2.05, 4.69) is 70.3 Å². The van der Waals surface area contributed by atoms with Crippen molar-refractivity contribution in [2.75, 3.05) is 5.32 Å². The van der Waals surface area contributed by atoms with Crippen LogP contribution in [-0.2, 0) is 5.41 Å². The van der Waals surface area contributed by atoms with Crippen LogP contribution in [0, 0.1) is 6.92 Å². The molecule has 0 amide bonds. The van der Waals surface area contributed by atoms with Crippen LogP contribution >= 0.6 is 11.6 Å². The molecule has 0 aliphatic heterocycles.